The molecule has 0 fully saturated rings. The van der Waals surface area contributed by atoms with E-state index in [1.54, 1.807) is 44.6 Å². The Bertz CT molecular complexity index is 1030. The predicted molar refractivity (Wildman–Crippen MR) is 120 cm³/mol. The van der Waals surface area contributed by atoms with Crippen molar-refractivity contribution in [2.75, 3.05) is 35.0 Å². The highest BCUT2D eigenvalue weighted by Crippen LogP contribution is 2.37. The second-order valence-electron chi connectivity index (χ2n) is 6.48. The van der Waals surface area contributed by atoms with Crippen LogP contribution in [-0.4, -0.2) is 46.0 Å². The maximum atomic E-state index is 12.4. The fourth-order valence-corrected chi connectivity index (χ4v) is 2.99. The van der Waals surface area contributed by atoms with Crippen LogP contribution in [0.25, 0.3) is 6.08 Å². The molecule has 168 valence electrons. The Morgan fingerprint density at radius 3 is 2.28 bits per heavy atom. The van der Waals surface area contributed by atoms with Gasteiger partial charge < -0.3 is 29.4 Å². The molecule has 2 N–H and O–H groups in total. The Balaban J connectivity index is 2.05. The number of rotatable bonds is 10. The Kier molecular flexibility index (Phi) is 8.99. The van der Waals surface area contributed by atoms with Gasteiger partial charge in [0.05, 0.1) is 28.4 Å². The molecular weight excluding hydrogens is 412 g/mol. The monoisotopic (exact) mass is 438 g/mol. The summed E-state index contributed by atoms with van der Waals surface area (Å²) in [5.74, 6) is 1.13. The van der Waals surface area contributed by atoms with Crippen molar-refractivity contribution >= 4 is 12.0 Å². The van der Waals surface area contributed by atoms with Crippen molar-refractivity contribution in [2.24, 2.45) is 0 Å². The van der Waals surface area contributed by atoms with E-state index in [0.717, 1.165) is 5.56 Å². The molecule has 32 heavy (non-hydrogen) atoms. The zero-order chi connectivity index (χ0) is 23.5. The summed E-state index contributed by atoms with van der Waals surface area (Å²) in [5, 5.41) is 22.0. The first-order chi connectivity index (χ1) is 15.5. The van der Waals surface area contributed by atoms with Crippen LogP contribution in [0.2, 0.25) is 0 Å². The molecule has 0 heterocycles. The number of amides is 1. The molecule has 2 rings (SSSR count). The van der Waals surface area contributed by atoms with Crippen LogP contribution in [0.3, 0.4) is 0 Å². The number of phenols is 1. The lowest BCUT2D eigenvalue weighted by Crippen LogP contribution is -2.26. The van der Waals surface area contributed by atoms with E-state index in [4.69, 9.17) is 18.9 Å². The van der Waals surface area contributed by atoms with Gasteiger partial charge in [0.1, 0.15) is 11.6 Å². The maximum absolute atomic E-state index is 12.4. The molecule has 0 aliphatic heterocycles. The minimum Gasteiger partial charge on any atom is -0.502 e. The SMILES string of the molecule is COc1cc(/C=C/C=C(\C#N)C(=O)NCCc2cccc(OC)c2OC)cc(OC)c1O. The molecule has 0 saturated heterocycles. The van der Waals surface area contributed by atoms with E-state index in [2.05, 4.69) is 5.32 Å². The molecule has 8 nitrogen and oxygen atoms in total. The van der Waals surface area contributed by atoms with Crippen molar-refractivity contribution in [2.45, 2.75) is 6.42 Å². The van der Waals surface area contributed by atoms with E-state index in [-0.39, 0.29) is 22.8 Å². The van der Waals surface area contributed by atoms with Gasteiger partial charge in [-0.3, -0.25) is 4.79 Å². The van der Waals surface area contributed by atoms with Crippen LogP contribution in [0.4, 0.5) is 0 Å². The van der Waals surface area contributed by atoms with Gasteiger partial charge in [-0.05, 0) is 41.8 Å². The summed E-state index contributed by atoms with van der Waals surface area (Å²) in [6, 6.07) is 10.6. The van der Waals surface area contributed by atoms with E-state index in [1.807, 2.05) is 18.2 Å². The van der Waals surface area contributed by atoms with Crippen molar-refractivity contribution in [3.63, 3.8) is 0 Å². The number of carbonyl (C=O) groups excluding carboxylic acids is 1. The highest BCUT2D eigenvalue weighted by atomic mass is 16.5. The van der Waals surface area contributed by atoms with Crippen LogP contribution < -0.4 is 24.3 Å². The average molecular weight is 438 g/mol. The molecule has 2 aromatic carbocycles. The number of hydrogen-bond donors (Lipinski definition) is 2. The molecule has 1 amide bonds. The molecule has 0 saturated carbocycles. The number of nitriles is 1. The molecule has 0 unspecified atom stereocenters. The van der Waals surface area contributed by atoms with Gasteiger partial charge in [-0.2, -0.15) is 5.26 Å². The molecule has 0 spiro atoms. The van der Waals surface area contributed by atoms with Crippen LogP contribution in [0, 0.1) is 11.3 Å². The van der Waals surface area contributed by atoms with Gasteiger partial charge in [-0.1, -0.05) is 24.3 Å². The topological polar surface area (TPSA) is 110 Å². The van der Waals surface area contributed by atoms with Crippen molar-refractivity contribution in [3.05, 3.63) is 59.2 Å². The number of benzene rings is 2. The summed E-state index contributed by atoms with van der Waals surface area (Å²) in [6.45, 7) is 0.317. The summed E-state index contributed by atoms with van der Waals surface area (Å²) in [7, 11) is 5.98. The number of para-hydroxylation sites is 1. The smallest absolute Gasteiger partial charge is 0.261 e. The van der Waals surface area contributed by atoms with Crippen molar-refractivity contribution in [1.82, 2.24) is 5.32 Å². The maximum Gasteiger partial charge on any atom is 0.261 e. The molecular formula is C24H26N2O6. The molecule has 0 radical (unpaired) electrons. The van der Waals surface area contributed by atoms with Crippen LogP contribution in [-0.2, 0) is 11.2 Å². The fourth-order valence-electron chi connectivity index (χ4n) is 2.99. The zero-order valence-corrected chi connectivity index (χ0v) is 18.5. The highest BCUT2D eigenvalue weighted by Gasteiger charge is 2.12. The summed E-state index contributed by atoms with van der Waals surface area (Å²) in [6.07, 6.45) is 5.14. The molecule has 0 bridgehead atoms. The largest absolute Gasteiger partial charge is 0.502 e. The quantitative estimate of drug-likeness (QED) is 0.333. The second-order valence-corrected chi connectivity index (χ2v) is 6.48. The lowest BCUT2D eigenvalue weighted by atomic mass is 10.1. The van der Waals surface area contributed by atoms with Gasteiger partial charge in [0, 0.05) is 6.54 Å². The van der Waals surface area contributed by atoms with Crippen molar-refractivity contribution in [3.8, 4) is 34.8 Å². The number of carbonyl (C=O) groups is 1. The highest BCUT2D eigenvalue weighted by molar-refractivity contribution is 5.97. The Labute approximate surface area is 187 Å². The van der Waals surface area contributed by atoms with Crippen LogP contribution in [0.5, 0.6) is 28.7 Å². The van der Waals surface area contributed by atoms with E-state index < -0.39 is 5.91 Å². The van der Waals surface area contributed by atoms with E-state index in [1.165, 1.54) is 20.3 Å². The van der Waals surface area contributed by atoms with Gasteiger partial charge in [-0.15, -0.1) is 0 Å². The third-order valence-electron chi connectivity index (χ3n) is 4.58. The van der Waals surface area contributed by atoms with Gasteiger partial charge in [0.25, 0.3) is 5.91 Å². The number of allylic oxidation sites excluding steroid dienone is 2. The molecule has 0 aliphatic carbocycles. The first-order valence-electron chi connectivity index (χ1n) is 9.70. The fraction of sp³-hybridized carbons (Fsp3) is 0.250. The standard InChI is InChI=1S/C24H26N2O6/c1-29-19-10-6-8-17(23(19)32-4)11-12-26-24(28)18(15-25)9-5-7-16-13-20(30-2)22(27)21(14-16)31-3/h5-10,13-14,27H,11-12H2,1-4H3,(H,26,28)/b7-5+,18-9+. The van der Waals surface area contributed by atoms with Crippen molar-refractivity contribution < 1.29 is 28.8 Å². The Morgan fingerprint density at radius 2 is 1.72 bits per heavy atom. The molecule has 0 atom stereocenters. The number of nitrogens with one attached hydrogen (secondary N) is 1. The molecule has 2 aromatic rings. The number of methoxy groups -OCH3 is 4. The first-order valence-corrected chi connectivity index (χ1v) is 9.70. The first kappa shape index (κ1) is 24.2. The van der Waals surface area contributed by atoms with E-state index >= 15 is 0 Å². The summed E-state index contributed by atoms with van der Waals surface area (Å²) >= 11 is 0. The molecule has 0 aliphatic rings. The third-order valence-corrected chi connectivity index (χ3v) is 4.58. The summed E-state index contributed by atoms with van der Waals surface area (Å²) < 4.78 is 20.9. The van der Waals surface area contributed by atoms with E-state index in [9.17, 15) is 15.2 Å². The van der Waals surface area contributed by atoms with Gasteiger partial charge >= 0.3 is 0 Å². The zero-order valence-electron chi connectivity index (χ0n) is 18.5. The summed E-state index contributed by atoms with van der Waals surface area (Å²) in [4.78, 5) is 12.4. The number of hydrogen-bond acceptors (Lipinski definition) is 7. The second kappa shape index (κ2) is 11.9. The number of phenolic OH excluding ortho intramolecular Hbond substituents is 1. The van der Waals surface area contributed by atoms with E-state index in [0.29, 0.717) is 30.0 Å². The minimum absolute atomic E-state index is 0.0448. The lowest BCUT2D eigenvalue weighted by Gasteiger charge is -2.12. The average Bonchev–Trinajstić information content (AvgIpc) is 2.82. The third kappa shape index (κ3) is 5.95. The predicted octanol–water partition coefficient (Wildman–Crippen LogP) is 3.25. The van der Waals surface area contributed by atoms with Gasteiger partial charge in [0.2, 0.25) is 5.75 Å². The van der Waals surface area contributed by atoms with Crippen LogP contribution >= 0.6 is 0 Å². The molecule has 8 heteroatoms. The van der Waals surface area contributed by atoms with Crippen molar-refractivity contribution in [1.29, 1.82) is 5.26 Å². The number of ether oxygens (including phenoxy) is 4. The Hall–Kier alpha value is -4.12. The molecule has 0 aromatic heterocycles. The minimum atomic E-state index is -0.486. The summed E-state index contributed by atoms with van der Waals surface area (Å²) in [5.41, 5.74) is 1.50. The lowest BCUT2D eigenvalue weighted by molar-refractivity contribution is -0.117. The van der Waals surface area contributed by atoms with Gasteiger partial charge in [0.15, 0.2) is 23.0 Å². The Morgan fingerprint density at radius 1 is 1.06 bits per heavy atom. The normalized spacial score (nSPS) is 11.0. The van der Waals surface area contributed by atoms with Crippen LogP contribution in [0.15, 0.2) is 48.1 Å². The van der Waals surface area contributed by atoms with Gasteiger partial charge in [-0.25, -0.2) is 0 Å². The number of aromatic hydroxyl groups is 1. The number of nitrogens with zero attached hydrogens (tertiary/aromatic N) is 1. The van der Waals surface area contributed by atoms with Crippen LogP contribution in [0.1, 0.15) is 11.1 Å².